The molecule has 0 aliphatic rings. The molecule has 0 saturated heterocycles. The number of benzene rings is 1. The zero-order chi connectivity index (χ0) is 16.4. The fourth-order valence-electron chi connectivity index (χ4n) is 1.95. The van der Waals surface area contributed by atoms with E-state index in [2.05, 4.69) is 0 Å². The molecule has 0 unspecified atom stereocenters. The van der Waals surface area contributed by atoms with Crippen molar-refractivity contribution < 1.29 is 18.0 Å². The van der Waals surface area contributed by atoms with E-state index >= 15 is 0 Å². The van der Waals surface area contributed by atoms with Crippen LogP contribution < -0.4 is 4.90 Å². The van der Waals surface area contributed by atoms with Gasteiger partial charge in [-0.15, -0.1) is 0 Å². The van der Waals surface area contributed by atoms with Crippen LogP contribution in [0.4, 0.5) is 18.9 Å². The molecule has 6 heteroatoms. The van der Waals surface area contributed by atoms with Gasteiger partial charge in [0.05, 0.1) is 11.3 Å². The number of nitrogens with one attached hydrogen (secondary N) is 1. The van der Waals surface area contributed by atoms with Crippen molar-refractivity contribution in [1.82, 2.24) is 0 Å². The first-order valence-electron chi connectivity index (χ1n) is 6.30. The number of alkyl halides is 3. The smallest absolute Gasteiger partial charge is 0.305 e. The van der Waals surface area contributed by atoms with Gasteiger partial charge in [0.15, 0.2) is 0 Å². The second-order valence-corrected chi connectivity index (χ2v) is 4.64. The third-order valence-electron chi connectivity index (χ3n) is 3.06. The normalized spacial score (nSPS) is 12.2. The molecule has 1 N–H and O–H groups in total. The molecule has 1 amide bonds. The number of nitrogens with zero attached hydrogens (tertiary/aromatic N) is 1. The molecule has 1 aromatic carbocycles. The lowest BCUT2D eigenvalue weighted by molar-refractivity contribution is -0.137. The van der Waals surface area contributed by atoms with Gasteiger partial charge in [-0.05, 0) is 32.9 Å². The number of rotatable bonds is 3. The van der Waals surface area contributed by atoms with Crippen molar-refractivity contribution in [3.05, 3.63) is 41.1 Å². The molecule has 0 radical (unpaired) electrons. The summed E-state index contributed by atoms with van der Waals surface area (Å²) in [4.78, 5) is 13.0. The van der Waals surface area contributed by atoms with E-state index in [0.29, 0.717) is 11.3 Å². The molecule has 0 atom stereocenters. The maximum Gasteiger partial charge on any atom is 0.416 e. The van der Waals surface area contributed by atoms with Crippen LogP contribution in [0.3, 0.4) is 0 Å². The molecule has 114 valence electrons. The molecule has 1 aromatic rings. The van der Waals surface area contributed by atoms with Crippen LogP contribution in [-0.2, 0) is 11.0 Å². The van der Waals surface area contributed by atoms with E-state index in [9.17, 15) is 18.0 Å². The summed E-state index contributed by atoms with van der Waals surface area (Å²) in [6.45, 7) is 6.06. The standard InChI is InChI=1S/C15H17F3N2O/c1-5-9(2)20(11(4)21)14-8-12(15(16,17)18)6-7-13(14)10(3)19/h5-8,19H,1-4H3/b9-5+,19-10?. The summed E-state index contributed by atoms with van der Waals surface area (Å²) < 4.78 is 38.6. The number of hydrogen-bond donors (Lipinski definition) is 1. The van der Waals surface area contributed by atoms with E-state index in [-0.39, 0.29) is 11.4 Å². The third-order valence-corrected chi connectivity index (χ3v) is 3.06. The average Bonchev–Trinajstić information content (AvgIpc) is 2.36. The van der Waals surface area contributed by atoms with Crippen molar-refractivity contribution in [2.24, 2.45) is 0 Å². The number of amides is 1. The lowest BCUT2D eigenvalue weighted by Crippen LogP contribution is -2.28. The van der Waals surface area contributed by atoms with Gasteiger partial charge in [-0.1, -0.05) is 12.1 Å². The Morgan fingerprint density at radius 1 is 1.24 bits per heavy atom. The molecule has 0 bridgehead atoms. The molecule has 3 nitrogen and oxygen atoms in total. The van der Waals surface area contributed by atoms with Crippen molar-refractivity contribution in [2.75, 3.05) is 4.90 Å². The predicted molar refractivity (Wildman–Crippen MR) is 76.5 cm³/mol. The molecule has 0 aromatic heterocycles. The molecule has 0 aliphatic carbocycles. The van der Waals surface area contributed by atoms with Crippen molar-refractivity contribution in [3.8, 4) is 0 Å². The number of hydrogen-bond acceptors (Lipinski definition) is 2. The van der Waals surface area contributed by atoms with Crippen molar-refractivity contribution in [2.45, 2.75) is 33.9 Å². The van der Waals surface area contributed by atoms with Crippen molar-refractivity contribution in [3.63, 3.8) is 0 Å². The Balaban J connectivity index is 3.62. The maximum absolute atomic E-state index is 12.9. The summed E-state index contributed by atoms with van der Waals surface area (Å²) in [5.74, 6) is -0.410. The Labute approximate surface area is 121 Å². The van der Waals surface area contributed by atoms with Crippen molar-refractivity contribution in [1.29, 1.82) is 5.41 Å². The minimum absolute atomic E-state index is 0.0698. The quantitative estimate of drug-likeness (QED) is 0.827. The van der Waals surface area contributed by atoms with Gasteiger partial charge in [0.2, 0.25) is 5.91 Å². The SMILES string of the molecule is C/C=C(\C)N(C(C)=O)c1cc(C(F)(F)F)ccc1C(C)=N. The van der Waals surface area contributed by atoms with Gasteiger partial charge in [-0.25, -0.2) is 0 Å². The summed E-state index contributed by atoms with van der Waals surface area (Å²) >= 11 is 0. The Hall–Kier alpha value is -2.11. The number of anilines is 1. The Morgan fingerprint density at radius 2 is 1.81 bits per heavy atom. The van der Waals surface area contributed by atoms with Crippen LogP contribution in [0.1, 0.15) is 38.8 Å². The highest BCUT2D eigenvalue weighted by Crippen LogP contribution is 2.34. The highest BCUT2D eigenvalue weighted by Gasteiger charge is 2.32. The largest absolute Gasteiger partial charge is 0.416 e. The Kier molecular flexibility index (Phi) is 4.93. The van der Waals surface area contributed by atoms with Crippen molar-refractivity contribution >= 4 is 17.3 Å². The zero-order valence-electron chi connectivity index (χ0n) is 12.3. The number of allylic oxidation sites excluding steroid dienone is 2. The van der Waals surface area contributed by atoms with Gasteiger partial charge < -0.3 is 5.41 Å². The van der Waals surface area contributed by atoms with Crippen LogP contribution in [-0.4, -0.2) is 11.6 Å². The average molecular weight is 298 g/mol. The summed E-state index contributed by atoms with van der Waals surface area (Å²) in [6.07, 6.45) is -2.87. The first-order valence-corrected chi connectivity index (χ1v) is 6.30. The fraction of sp³-hybridized carbons (Fsp3) is 0.333. The van der Waals surface area contributed by atoms with Crippen LogP contribution >= 0.6 is 0 Å². The lowest BCUT2D eigenvalue weighted by Gasteiger charge is -2.25. The summed E-state index contributed by atoms with van der Waals surface area (Å²) in [5, 5.41) is 7.70. The van der Waals surface area contributed by atoms with Gasteiger partial charge in [-0.3, -0.25) is 9.69 Å². The Bertz CT molecular complexity index is 603. The fourth-order valence-corrected chi connectivity index (χ4v) is 1.95. The molecule has 21 heavy (non-hydrogen) atoms. The van der Waals surface area contributed by atoms with E-state index in [1.165, 1.54) is 24.8 Å². The first-order chi connectivity index (χ1) is 9.59. The highest BCUT2D eigenvalue weighted by molar-refractivity contribution is 6.06. The second kappa shape index (κ2) is 6.11. The molecule has 0 heterocycles. The van der Waals surface area contributed by atoms with Crippen LogP contribution in [0.15, 0.2) is 30.0 Å². The second-order valence-electron chi connectivity index (χ2n) is 4.64. The van der Waals surface area contributed by atoms with Crippen LogP contribution in [0, 0.1) is 5.41 Å². The molecule has 0 spiro atoms. The van der Waals surface area contributed by atoms with E-state index in [1.54, 1.807) is 19.9 Å². The van der Waals surface area contributed by atoms with E-state index in [0.717, 1.165) is 12.1 Å². The first kappa shape index (κ1) is 16.9. The monoisotopic (exact) mass is 298 g/mol. The molecular formula is C15H17F3N2O. The van der Waals surface area contributed by atoms with E-state index < -0.39 is 17.6 Å². The van der Waals surface area contributed by atoms with Crippen LogP contribution in [0.2, 0.25) is 0 Å². The van der Waals surface area contributed by atoms with Crippen LogP contribution in [0.5, 0.6) is 0 Å². The molecule has 0 aliphatic heterocycles. The van der Waals surface area contributed by atoms with Gasteiger partial charge in [0.1, 0.15) is 0 Å². The summed E-state index contributed by atoms with van der Waals surface area (Å²) in [5.41, 5.74) is 0.107. The molecule has 0 saturated carbocycles. The number of carbonyl (C=O) groups excluding carboxylic acids is 1. The highest BCUT2D eigenvalue weighted by atomic mass is 19.4. The predicted octanol–water partition coefficient (Wildman–Crippen LogP) is 4.37. The van der Waals surface area contributed by atoms with Gasteiger partial charge in [0, 0.05) is 23.9 Å². The summed E-state index contributed by atoms with van der Waals surface area (Å²) in [7, 11) is 0. The number of carbonyl (C=O) groups is 1. The third kappa shape index (κ3) is 3.71. The molecule has 1 rings (SSSR count). The van der Waals surface area contributed by atoms with E-state index in [1.807, 2.05) is 0 Å². The minimum Gasteiger partial charge on any atom is -0.305 e. The lowest BCUT2D eigenvalue weighted by atomic mass is 10.0. The van der Waals surface area contributed by atoms with Crippen LogP contribution in [0.25, 0.3) is 0 Å². The zero-order valence-corrected chi connectivity index (χ0v) is 12.3. The summed E-state index contributed by atoms with van der Waals surface area (Å²) in [6, 6.07) is 3.04. The molecular weight excluding hydrogens is 281 g/mol. The molecule has 0 fully saturated rings. The topological polar surface area (TPSA) is 44.2 Å². The van der Waals surface area contributed by atoms with E-state index in [4.69, 9.17) is 5.41 Å². The maximum atomic E-state index is 12.9. The number of halogens is 3. The van der Waals surface area contributed by atoms with Gasteiger partial charge in [0.25, 0.3) is 0 Å². The van der Waals surface area contributed by atoms with Gasteiger partial charge >= 0.3 is 6.18 Å². The Morgan fingerprint density at radius 3 is 2.19 bits per heavy atom. The van der Waals surface area contributed by atoms with Gasteiger partial charge in [-0.2, -0.15) is 13.2 Å². The minimum atomic E-state index is -4.50.